The van der Waals surface area contributed by atoms with Gasteiger partial charge in [0.05, 0.1) is 10.5 Å². The molecule has 2 rings (SSSR count). The van der Waals surface area contributed by atoms with E-state index in [1.165, 1.54) is 12.1 Å². The molecule has 0 aliphatic rings. The molecule has 0 amide bonds. The first-order valence-corrected chi connectivity index (χ1v) is 6.51. The van der Waals surface area contributed by atoms with Crippen molar-refractivity contribution in [3.05, 3.63) is 63.7 Å². The molecule has 5 heteroatoms. The van der Waals surface area contributed by atoms with Crippen molar-refractivity contribution < 1.29 is 14.8 Å². The summed E-state index contributed by atoms with van der Waals surface area (Å²) >= 11 is 0. The smallest absolute Gasteiger partial charge is 0.335 e. The average Bonchev–Trinajstić information content (AvgIpc) is 2.46. The molecule has 0 unspecified atom stereocenters. The Labute approximate surface area is 122 Å². The number of carboxylic acid groups (broad SMARTS) is 1. The van der Waals surface area contributed by atoms with Crippen LogP contribution < -0.4 is 0 Å². The number of aromatic carboxylic acids is 1. The summed E-state index contributed by atoms with van der Waals surface area (Å²) in [6, 6.07) is 11.5. The lowest BCUT2D eigenvalue weighted by molar-refractivity contribution is -0.384. The third-order valence-electron chi connectivity index (χ3n) is 3.29. The summed E-state index contributed by atoms with van der Waals surface area (Å²) in [7, 11) is 0. The Bertz CT molecular complexity index is 658. The highest BCUT2D eigenvalue weighted by Gasteiger charge is 2.14. The molecule has 2 aromatic rings. The maximum Gasteiger partial charge on any atom is 0.335 e. The van der Waals surface area contributed by atoms with Crippen molar-refractivity contribution in [1.82, 2.24) is 0 Å². The van der Waals surface area contributed by atoms with E-state index in [4.69, 9.17) is 5.11 Å². The fourth-order valence-electron chi connectivity index (χ4n) is 2.07. The van der Waals surface area contributed by atoms with E-state index >= 15 is 0 Å². The SMILES string of the molecule is CC(C)c1ccc(-c2cc(C(=O)O)cc([N+](=O)[O-])c2)cc1. The minimum atomic E-state index is -1.18. The van der Waals surface area contributed by atoms with Gasteiger partial charge in [-0.15, -0.1) is 0 Å². The van der Waals surface area contributed by atoms with E-state index in [0.717, 1.165) is 17.2 Å². The minimum absolute atomic E-state index is 0.0906. The van der Waals surface area contributed by atoms with Gasteiger partial charge in [0.1, 0.15) is 0 Å². The fraction of sp³-hybridized carbons (Fsp3) is 0.188. The standard InChI is InChI=1S/C16H15NO4/c1-10(2)11-3-5-12(6-4-11)13-7-14(16(18)19)9-15(8-13)17(20)21/h3-10H,1-2H3,(H,18,19). The molecular formula is C16H15NO4. The van der Waals surface area contributed by atoms with Crippen LogP contribution in [0.3, 0.4) is 0 Å². The van der Waals surface area contributed by atoms with E-state index in [-0.39, 0.29) is 11.3 Å². The van der Waals surface area contributed by atoms with E-state index < -0.39 is 10.9 Å². The molecule has 0 radical (unpaired) electrons. The number of nitro groups is 1. The molecule has 0 heterocycles. The first kappa shape index (κ1) is 14.7. The van der Waals surface area contributed by atoms with Gasteiger partial charge in [0.25, 0.3) is 5.69 Å². The Morgan fingerprint density at radius 3 is 2.19 bits per heavy atom. The van der Waals surface area contributed by atoms with Crippen LogP contribution in [-0.2, 0) is 0 Å². The van der Waals surface area contributed by atoms with Crippen LogP contribution in [0.15, 0.2) is 42.5 Å². The van der Waals surface area contributed by atoms with Crippen LogP contribution in [0.25, 0.3) is 11.1 Å². The normalized spacial score (nSPS) is 10.6. The third-order valence-corrected chi connectivity index (χ3v) is 3.29. The molecule has 0 fully saturated rings. The van der Waals surface area contributed by atoms with E-state index in [1.54, 1.807) is 0 Å². The predicted octanol–water partition coefficient (Wildman–Crippen LogP) is 4.08. The topological polar surface area (TPSA) is 80.4 Å². The Morgan fingerprint density at radius 2 is 1.71 bits per heavy atom. The van der Waals surface area contributed by atoms with Gasteiger partial charge < -0.3 is 5.11 Å². The van der Waals surface area contributed by atoms with Gasteiger partial charge in [-0.05, 0) is 28.7 Å². The van der Waals surface area contributed by atoms with Crippen molar-refractivity contribution in [1.29, 1.82) is 0 Å². The number of non-ortho nitro benzene ring substituents is 1. The summed E-state index contributed by atoms with van der Waals surface area (Å²) in [6.45, 7) is 4.15. The monoisotopic (exact) mass is 285 g/mol. The van der Waals surface area contributed by atoms with Crippen molar-refractivity contribution in [3.8, 4) is 11.1 Å². The van der Waals surface area contributed by atoms with E-state index in [2.05, 4.69) is 13.8 Å². The number of rotatable bonds is 4. The van der Waals surface area contributed by atoms with Crippen molar-refractivity contribution in [3.63, 3.8) is 0 Å². The predicted molar refractivity (Wildman–Crippen MR) is 79.6 cm³/mol. The lowest BCUT2D eigenvalue weighted by Gasteiger charge is -2.08. The molecule has 5 nitrogen and oxygen atoms in total. The van der Waals surface area contributed by atoms with Gasteiger partial charge in [0.15, 0.2) is 0 Å². The molecule has 0 atom stereocenters. The lowest BCUT2D eigenvalue weighted by Crippen LogP contribution is -1.99. The quantitative estimate of drug-likeness (QED) is 0.677. The highest BCUT2D eigenvalue weighted by atomic mass is 16.6. The van der Waals surface area contributed by atoms with Gasteiger partial charge in [-0.2, -0.15) is 0 Å². The summed E-state index contributed by atoms with van der Waals surface area (Å²) in [5, 5.41) is 20.0. The first-order valence-electron chi connectivity index (χ1n) is 6.51. The van der Waals surface area contributed by atoms with Crippen LogP contribution in [0.2, 0.25) is 0 Å². The van der Waals surface area contributed by atoms with Crippen LogP contribution in [-0.4, -0.2) is 16.0 Å². The van der Waals surface area contributed by atoms with Crippen LogP contribution in [0.4, 0.5) is 5.69 Å². The van der Waals surface area contributed by atoms with Crippen molar-refractivity contribution in [2.75, 3.05) is 0 Å². The molecule has 0 aliphatic heterocycles. The Morgan fingerprint density at radius 1 is 1.10 bits per heavy atom. The lowest BCUT2D eigenvalue weighted by atomic mass is 9.97. The molecule has 108 valence electrons. The Balaban J connectivity index is 2.51. The number of nitro benzene ring substituents is 1. The molecule has 0 bridgehead atoms. The van der Waals surface area contributed by atoms with Crippen molar-refractivity contribution in [2.24, 2.45) is 0 Å². The zero-order chi connectivity index (χ0) is 15.6. The van der Waals surface area contributed by atoms with E-state index in [1.807, 2.05) is 24.3 Å². The molecule has 0 saturated carbocycles. The average molecular weight is 285 g/mol. The third kappa shape index (κ3) is 3.25. The van der Waals surface area contributed by atoms with Gasteiger partial charge in [-0.25, -0.2) is 4.79 Å². The van der Waals surface area contributed by atoms with Crippen LogP contribution in [0.5, 0.6) is 0 Å². The summed E-state index contributed by atoms with van der Waals surface area (Å²) in [5.41, 5.74) is 2.12. The maximum atomic E-state index is 11.1. The second kappa shape index (κ2) is 5.75. The molecule has 1 N–H and O–H groups in total. The summed E-state index contributed by atoms with van der Waals surface area (Å²) in [4.78, 5) is 21.4. The molecule has 0 aliphatic carbocycles. The van der Waals surface area contributed by atoms with Gasteiger partial charge in [-0.3, -0.25) is 10.1 Å². The number of hydrogen-bond donors (Lipinski definition) is 1. The Hall–Kier alpha value is -2.69. The number of hydrogen-bond acceptors (Lipinski definition) is 3. The number of benzene rings is 2. The molecular weight excluding hydrogens is 270 g/mol. The zero-order valence-corrected chi connectivity index (χ0v) is 11.7. The number of carbonyl (C=O) groups is 1. The fourth-order valence-corrected chi connectivity index (χ4v) is 2.07. The zero-order valence-electron chi connectivity index (χ0n) is 11.7. The molecule has 0 spiro atoms. The van der Waals surface area contributed by atoms with Crippen LogP contribution >= 0.6 is 0 Å². The summed E-state index contributed by atoms with van der Waals surface area (Å²) in [5.74, 6) is -0.794. The highest BCUT2D eigenvalue weighted by Crippen LogP contribution is 2.27. The number of carboxylic acids is 1. The summed E-state index contributed by atoms with van der Waals surface area (Å²) < 4.78 is 0. The Kier molecular flexibility index (Phi) is 4.03. The maximum absolute atomic E-state index is 11.1. The second-order valence-corrected chi connectivity index (χ2v) is 5.11. The van der Waals surface area contributed by atoms with Gasteiger partial charge in [0, 0.05) is 12.1 Å². The van der Waals surface area contributed by atoms with Gasteiger partial charge in [0.2, 0.25) is 0 Å². The first-order chi connectivity index (χ1) is 9.88. The van der Waals surface area contributed by atoms with Crippen LogP contribution in [0.1, 0.15) is 35.7 Å². The molecule has 21 heavy (non-hydrogen) atoms. The van der Waals surface area contributed by atoms with Crippen LogP contribution in [0, 0.1) is 10.1 Å². The number of nitrogens with zero attached hydrogens (tertiary/aromatic N) is 1. The van der Waals surface area contributed by atoms with E-state index in [0.29, 0.717) is 11.5 Å². The molecule has 0 aromatic heterocycles. The van der Waals surface area contributed by atoms with Gasteiger partial charge in [-0.1, -0.05) is 38.1 Å². The molecule has 2 aromatic carbocycles. The van der Waals surface area contributed by atoms with Crippen molar-refractivity contribution >= 4 is 11.7 Å². The van der Waals surface area contributed by atoms with Crippen molar-refractivity contribution in [2.45, 2.75) is 19.8 Å². The molecule has 0 saturated heterocycles. The van der Waals surface area contributed by atoms with Gasteiger partial charge >= 0.3 is 5.97 Å². The largest absolute Gasteiger partial charge is 0.478 e. The van der Waals surface area contributed by atoms with E-state index in [9.17, 15) is 14.9 Å². The second-order valence-electron chi connectivity index (χ2n) is 5.11. The highest BCUT2D eigenvalue weighted by molar-refractivity contribution is 5.90. The minimum Gasteiger partial charge on any atom is -0.478 e. The summed E-state index contributed by atoms with van der Waals surface area (Å²) in [6.07, 6.45) is 0.